The molecule has 4 aliphatic rings. The Kier molecular flexibility index (Phi) is 4.84. The molecule has 0 bridgehead atoms. The van der Waals surface area contributed by atoms with Crippen LogP contribution in [0.5, 0.6) is 0 Å². The molecular formula is C22H38. The van der Waals surface area contributed by atoms with Crippen LogP contribution in [0.1, 0.15) is 109 Å². The van der Waals surface area contributed by atoms with Crippen molar-refractivity contribution in [3.05, 3.63) is 0 Å². The monoisotopic (exact) mass is 302 g/mol. The number of hydrogen-bond acceptors (Lipinski definition) is 0. The maximum Gasteiger partial charge on any atom is -0.0210 e. The zero-order chi connectivity index (χ0) is 14.8. The number of rotatable bonds is 2. The molecule has 0 aromatic rings. The van der Waals surface area contributed by atoms with Crippen molar-refractivity contribution in [2.75, 3.05) is 0 Å². The van der Waals surface area contributed by atoms with E-state index >= 15 is 0 Å². The van der Waals surface area contributed by atoms with E-state index in [1.807, 2.05) is 0 Å². The Hall–Kier alpha value is 0. The van der Waals surface area contributed by atoms with Gasteiger partial charge in [-0.25, -0.2) is 0 Å². The molecule has 0 spiro atoms. The second-order valence-electron chi connectivity index (χ2n) is 9.33. The van der Waals surface area contributed by atoms with Crippen molar-refractivity contribution in [1.82, 2.24) is 0 Å². The summed E-state index contributed by atoms with van der Waals surface area (Å²) in [6, 6.07) is 0. The summed E-state index contributed by atoms with van der Waals surface area (Å²) in [7, 11) is 0. The van der Waals surface area contributed by atoms with Crippen molar-refractivity contribution in [1.29, 1.82) is 0 Å². The molecule has 22 heavy (non-hydrogen) atoms. The summed E-state index contributed by atoms with van der Waals surface area (Å²) < 4.78 is 0. The van der Waals surface area contributed by atoms with E-state index in [-0.39, 0.29) is 0 Å². The number of hydrogen-bond donors (Lipinski definition) is 0. The van der Waals surface area contributed by atoms with Crippen LogP contribution in [-0.4, -0.2) is 0 Å². The SMILES string of the molecule is C1CCC(C2(C3CCCCC3)CCCC3CCCCC32)CC1. The molecule has 126 valence electrons. The fourth-order valence-corrected chi connectivity index (χ4v) is 7.74. The Balaban J connectivity index is 1.66. The van der Waals surface area contributed by atoms with Gasteiger partial charge in [-0.05, 0) is 67.6 Å². The van der Waals surface area contributed by atoms with Crippen LogP contribution in [0.15, 0.2) is 0 Å². The number of fused-ring (bicyclic) bond motifs is 1. The first-order valence-electron chi connectivity index (χ1n) is 10.9. The average Bonchev–Trinajstić information content (AvgIpc) is 2.63. The van der Waals surface area contributed by atoms with Gasteiger partial charge in [0.25, 0.3) is 0 Å². The molecule has 0 heterocycles. The first-order valence-corrected chi connectivity index (χ1v) is 10.9. The molecule has 4 aliphatic carbocycles. The molecule has 0 radical (unpaired) electrons. The molecule has 4 rings (SSSR count). The zero-order valence-electron chi connectivity index (χ0n) is 14.8. The Labute approximate surface area is 138 Å². The van der Waals surface area contributed by atoms with Crippen LogP contribution in [-0.2, 0) is 0 Å². The summed E-state index contributed by atoms with van der Waals surface area (Å²) in [4.78, 5) is 0. The highest BCUT2D eigenvalue weighted by Gasteiger charge is 2.54. The molecule has 0 aliphatic heterocycles. The lowest BCUT2D eigenvalue weighted by Gasteiger charge is -2.59. The van der Waals surface area contributed by atoms with Crippen LogP contribution < -0.4 is 0 Å². The fourth-order valence-electron chi connectivity index (χ4n) is 7.74. The minimum atomic E-state index is 0.810. The quantitative estimate of drug-likeness (QED) is 0.509. The first kappa shape index (κ1) is 15.5. The lowest BCUT2D eigenvalue weighted by atomic mass is 9.45. The van der Waals surface area contributed by atoms with Gasteiger partial charge in [0.15, 0.2) is 0 Å². The molecule has 0 heteroatoms. The molecule has 0 saturated heterocycles. The molecule has 0 aromatic heterocycles. The second kappa shape index (κ2) is 6.86. The normalized spacial score (nSPS) is 37.6. The van der Waals surface area contributed by atoms with Crippen LogP contribution in [0.4, 0.5) is 0 Å². The highest BCUT2D eigenvalue weighted by atomic mass is 14.6. The maximum absolute atomic E-state index is 1.63. The third-order valence-electron chi connectivity index (χ3n) is 8.51. The Bertz CT molecular complexity index is 325. The van der Waals surface area contributed by atoms with E-state index in [2.05, 4.69) is 0 Å². The molecule has 0 amide bonds. The van der Waals surface area contributed by atoms with E-state index in [4.69, 9.17) is 0 Å². The predicted molar refractivity (Wildman–Crippen MR) is 94.9 cm³/mol. The Morgan fingerprint density at radius 3 is 1.59 bits per heavy atom. The smallest absolute Gasteiger partial charge is 0.0210 e. The van der Waals surface area contributed by atoms with Gasteiger partial charge in [0, 0.05) is 0 Å². The van der Waals surface area contributed by atoms with E-state index in [9.17, 15) is 0 Å². The molecule has 0 aromatic carbocycles. The lowest BCUT2D eigenvalue weighted by Crippen LogP contribution is -2.51. The van der Waals surface area contributed by atoms with Crippen LogP contribution in [0.3, 0.4) is 0 Å². The van der Waals surface area contributed by atoms with Gasteiger partial charge >= 0.3 is 0 Å². The topological polar surface area (TPSA) is 0 Å². The van der Waals surface area contributed by atoms with E-state index in [1.54, 1.807) is 96.3 Å². The molecule has 2 atom stereocenters. The predicted octanol–water partition coefficient (Wildman–Crippen LogP) is 7.12. The fraction of sp³-hybridized carbons (Fsp3) is 1.00. The van der Waals surface area contributed by atoms with Crippen LogP contribution >= 0.6 is 0 Å². The van der Waals surface area contributed by atoms with Crippen molar-refractivity contribution in [2.45, 2.75) is 109 Å². The molecular weight excluding hydrogens is 264 g/mol. The van der Waals surface area contributed by atoms with E-state index in [1.165, 1.54) is 12.8 Å². The van der Waals surface area contributed by atoms with E-state index in [0.29, 0.717) is 0 Å². The van der Waals surface area contributed by atoms with Gasteiger partial charge in [0.05, 0.1) is 0 Å². The molecule has 0 nitrogen and oxygen atoms in total. The van der Waals surface area contributed by atoms with Gasteiger partial charge < -0.3 is 0 Å². The van der Waals surface area contributed by atoms with Crippen molar-refractivity contribution >= 4 is 0 Å². The molecule has 4 fully saturated rings. The zero-order valence-corrected chi connectivity index (χ0v) is 14.8. The van der Waals surface area contributed by atoms with Gasteiger partial charge in [-0.15, -0.1) is 0 Å². The van der Waals surface area contributed by atoms with Crippen LogP contribution in [0.2, 0.25) is 0 Å². The van der Waals surface area contributed by atoms with Crippen LogP contribution in [0.25, 0.3) is 0 Å². The minimum Gasteiger partial charge on any atom is -0.0533 e. The average molecular weight is 303 g/mol. The van der Waals surface area contributed by atoms with Gasteiger partial charge in [-0.2, -0.15) is 0 Å². The van der Waals surface area contributed by atoms with Gasteiger partial charge in [-0.1, -0.05) is 70.6 Å². The highest BCUT2D eigenvalue weighted by Crippen LogP contribution is 2.63. The molecule has 2 unspecified atom stereocenters. The second-order valence-corrected chi connectivity index (χ2v) is 9.33. The van der Waals surface area contributed by atoms with Crippen molar-refractivity contribution in [3.8, 4) is 0 Å². The summed E-state index contributed by atoms with van der Waals surface area (Å²) in [5, 5.41) is 0. The van der Waals surface area contributed by atoms with Gasteiger partial charge in [0.2, 0.25) is 0 Å². The first-order chi connectivity index (χ1) is 10.9. The standard InChI is InChI=1S/C22H38/c1-3-12-19(13-4-1)22(20-14-5-2-6-15-20)17-9-11-18-10-7-8-16-21(18)22/h18-21H,1-17H2. The Morgan fingerprint density at radius 1 is 0.455 bits per heavy atom. The van der Waals surface area contributed by atoms with Crippen molar-refractivity contribution < 1.29 is 0 Å². The Morgan fingerprint density at radius 2 is 0.955 bits per heavy atom. The molecule has 0 N–H and O–H groups in total. The minimum absolute atomic E-state index is 0.810. The molecule has 4 saturated carbocycles. The van der Waals surface area contributed by atoms with Crippen molar-refractivity contribution in [2.24, 2.45) is 29.1 Å². The third-order valence-corrected chi connectivity index (χ3v) is 8.51. The lowest BCUT2D eigenvalue weighted by molar-refractivity contribution is -0.101. The highest BCUT2D eigenvalue weighted by molar-refractivity contribution is 5.03. The van der Waals surface area contributed by atoms with Gasteiger partial charge in [0.1, 0.15) is 0 Å². The summed E-state index contributed by atoms with van der Waals surface area (Å²) in [5.41, 5.74) is 0.810. The van der Waals surface area contributed by atoms with E-state index in [0.717, 1.165) is 29.1 Å². The van der Waals surface area contributed by atoms with Crippen LogP contribution in [0, 0.1) is 29.1 Å². The summed E-state index contributed by atoms with van der Waals surface area (Å²) >= 11 is 0. The summed E-state index contributed by atoms with van der Waals surface area (Å²) in [6.07, 6.45) is 26.8. The summed E-state index contributed by atoms with van der Waals surface area (Å²) in [5.74, 6) is 4.51. The summed E-state index contributed by atoms with van der Waals surface area (Å²) in [6.45, 7) is 0. The maximum atomic E-state index is 1.63. The third kappa shape index (κ3) is 2.67. The van der Waals surface area contributed by atoms with Crippen molar-refractivity contribution in [3.63, 3.8) is 0 Å². The van der Waals surface area contributed by atoms with E-state index < -0.39 is 0 Å². The van der Waals surface area contributed by atoms with Gasteiger partial charge in [-0.3, -0.25) is 0 Å². The largest absolute Gasteiger partial charge is 0.0533 e.